The first kappa shape index (κ1) is 16.1. The zero-order valence-corrected chi connectivity index (χ0v) is 12.7. The quantitative estimate of drug-likeness (QED) is 0.535. The molecule has 0 amide bonds. The zero-order chi connectivity index (χ0) is 13.9. The van der Waals surface area contributed by atoms with Gasteiger partial charge in [0.2, 0.25) is 0 Å². The Hall–Kier alpha value is -0.980. The van der Waals surface area contributed by atoms with Gasteiger partial charge in [0.25, 0.3) is 0 Å². The summed E-state index contributed by atoms with van der Waals surface area (Å²) >= 11 is 0. The molecule has 1 atom stereocenters. The number of hydrogen-bond acceptors (Lipinski definition) is 1. The van der Waals surface area contributed by atoms with Gasteiger partial charge in [-0.15, -0.1) is 0 Å². The Labute approximate surface area is 119 Å². The van der Waals surface area contributed by atoms with Gasteiger partial charge in [-0.2, -0.15) is 0 Å². The molecule has 19 heavy (non-hydrogen) atoms. The summed E-state index contributed by atoms with van der Waals surface area (Å²) in [5.74, 6) is 1.11. The molecule has 108 valence electrons. The number of rotatable bonds is 10. The molecule has 0 aliphatic rings. The normalized spacial score (nSPS) is 12.5. The van der Waals surface area contributed by atoms with Crippen molar-refractivity contribution in [2.45, 2.75) is 71.6 Å². The van der Waals surface area contributed by atoms with Gasteiger partial charge < -0.3 is 5.11 Å². The summed E-state index contributed by atoms with van der Waals surface area (Å²) in [5.41, 5.74) is 1.34. The molecule has 1 aromatic carbocycles. The van der Waals surface area contributed by atoms with Gasteiger partial charge in [0.15, 0.2) is 0 Å². The van der Waals surface area contributed by atoms with Gasteiger partial charge in [-0.25, -0.2) is 0 Å². The van der Waals surface area contributed by atoms with Gasteiger partial charge in [0.05, 0.1) is 0 Å². The Kier molecular flexibility index (Phi) is 8.36. The second kappa shape index (κ2) is 9.89. The van der Waals surface area contributed by atoms with Crippen LogP contribution in [0.2, 0.25) is 0 Å². The van der Waals surface area contributed by atoms with E-state index < -0.39 is 0 Å². The molecule has 1 unspecified atom stereocenters. The lowest BCUT2D eigenvalue weighted by Gasteiger charge is -2.11. The van der Waals surface area contributed by atoms with E-state index in [2.05, 4.69) is 13.8 Å². The van der Waals surface area contributed by atoms with Crippen molar-refractivity contribution in [1.82, 2.24) is 0 Å². The Morgan fingerprint density at radius 1 is 0.895 bits per heavy atom. The van der Waals surface area contributed by atoms with Crippen molar-refractivity contribution >= 4 is 0 Å². The molecule has 0 fully saturated rings. The lowest BCUT2D eigenvalue weighted by atomic mass is 9.95. The second-order valence-electron chi connectivity index (χ2n) is 5.89. The van der Waals surface area contributed by atoms with Crippen LogP contribution in [-0.4, -0.2) is 5.11 Å². The van der Waals surface area contributed by atoms with Crippen LogP contribution in [0.3, 0.4) is 0 Å². The van der Waals surface area contributed by atoms with Crippen molar-refractivity contribution < 1.29 is 5.11 Å². The van der Waals surface area contributed by atoms with Crippen molar-refractivity contribution in [2.24, 2.45) is 5.92 Å². The Morgan fingerprint density at radius 3 is 2.11 bits per heavy atom. The SMILES string of the molecule is CCCCCCCCCC(C)Cc1ccc(O)cc1. The standard InChI is InChI=1S/C18H30O/c1-3-4-5-6-7-8-9-10-16(2)15-17-11-13-18(19)14-12-17/h11-14,16,19H,3-10,15H2,1-2H3. The fraction of sp³-hybridized carbons (Fsp3) is 0.667. The maximum atomic E-state index is 9.25. The molecular weight excluding hydrogens is 232 g/mol. The second-order valence-corrected chi connectivity index (χ2v) is 5.89. The number of hydrogen-bond donors (Lipinski definition) is 1. The van der Waals surface area contributed by atoms with Crippen LogP contribution < -0.4 is 0 Å². The summed E-state index contributed by atoms with van der Waals surface area (Å²) in [6.45, 7) is 4.61. The summed E-state index contributed by atoms with van der Waals surface area (Å²) in [5, 5.41) is 9.25. The molecule has 0 heterocycles. The van der Waals surface area contributed by atoms with Crippen molar-refractivity contribution in [3.05, 3.63) is 29.8 Å². The van der Waals surface area contributed by atoms with Gasteiger partial charge in [-0.3, -0.25) is 0 Å². The maximum Gasteiger partial charge on any atom is 0.115 e. The minimum atomic E-state index is 0.364. The molecule has 1 N–H and O–H groups in total. The monoisotopic (exact) mass is 262 g/mol. The summed E-state index contributed by atoms with van der Waals surface area (Å²) in [6.07, 6.45) is 12.2. The minimum absolute atomic E-state index is 0.364. The van der Waals surface area contributed by atoms with E-state index in [1.165, 1.54) is 56.9 Å². The third-order valence-corrected chi connectivity index (χ3v) is 3.82. The average Bonchev–Trinajstić information content (AvgIpc) is 2.40. The number of benzene rings is 1. The highest BCUT2D eigenvalue weighted by molar-refractivity contribution is 5.26. The van der Waals surface area contributed by atoms with Gasteiger partial charge in [0.1, 0.15) is 5.75 Å². The molecule has 0 radical (unpaired) electrons. The highest BCUT2D eigenvalue weighted by atomic mass is 16.3. The largest absolute Gasteiger partial charge is 0.508 e. The van der Waals surface area contributed by atoms with E-state index in [1.54, 1.807) is 12.1 Å². The lowest BCUT2D eigenvalue weighted by Crippen LogP contribution is -1.99. The molecule has 1 rings (SSSR count). The van der Waals surface area contributed by atoms with E-state index in [1.807, 2.05) is 12.1 Å². The van der Waals surface area contributed by atoms with Gasteiger partial charge in [-0.1, -0.05) is 77.3 Å². The first-order valence-corrected chi connectivity index (χ1v) is 8.00. The first-order chi connectivity index (χ1) is 9.22. The van der Waals surface area contributed by atoms with Crippen molar-refractivity contribution in [3.8, 4) is 5.75 Å². The zero-order valence-electron chi connectivity index (χ0n) is 12.7. The average molecular weight is 262 g/mol. The van der Waals surface area contributed by atoms with E-state index >= 15 is 0 Å². The third kappa shape index (κ3) is 7.92. The Balaban J connectivity index is 2.04. The number of unbranched alkanes of at least 4 members (excludes halogenated alkanes) is 6. The number of phenols is 1. The highest BCUT2D eigenvalue weighted by Gasteiger charge is 2.03. The predicted octanol–water partition coefficient (Wildman–Crippen LogP) is 5.71. The van der Waals surface area contributed by atoms with Gasteiger partial charge >= 0.3 is 0 Å². The van der Waals surface area contributed by atoms with Gasteiger partial charge in [-0.05, 0) is 30.0 Å². The molecular formula is C18H30O. The predicted molar refractivity (Wildman–Crippen MR) is 83.6 cm³/mol. The first-order valence-electron chi connectivity index (χ1n) is 8.00. The lowest BCUT2D eigenvalue weighted by molar-refractivity contribution is 0.471. The van der Waals surface area contributed by atoms with Gasteiger partial charge in [0, 0.05) is 0 Å². The topological polar surface area (TPSA) is 20.2 Å². The van der Waals surface area contributed by atoms with E-state index in [0.29, 0.717) is 5.75 Å². The fourth-order valence-corrected chi connectivity index (χ4v) is 2.59. The van der Waals surface area contributed by atoms with E-state index in [9.17, 15) is 5.11 Å². The van der Waals surface area contributed by atoms with Crippen molar-refractivity contribution in [1.29, 1.82) is 0 Å². The van der Waals surface area contributed by atoms with Crippen molar-refractivity contribution in [3.63, 3.8) is 0 Å². The summed E-state index contributed by atoms with van der Waals surface area (Å²) in [7, 11) is 0. The molecule has 0 bridgehead atoms. The maximum absolute atomic E-state index is 9.25. The van der Waals surface area contributed by atoms with Crippen LogP contribution in [0.5, 0.6) is 5.75 Å². The van der Waals surface area contributed by atoms with Crippen LogP contribution in [0.4, 0.5) is 0 Å². The van der Waals surface area contributed by atoms with Crippen molar-refractivity contribution in [2.75, 3.05) is 0 Å². The summed E-state index contributed by atoms with van der Waals surface area (Å²) < 4.78 is 0. The number of phenolic OH excluding ortho intramolecular Hbond substituents is 1. The molecule has 0 saturated heterocycles. The molecule has 0 aliphatic carbocycles. The van der Waals surface area contributed by atoms with Crippen LogP contribution in [0.15, 0.2) is 24.3 Å². The van der Waals surface area contributed by atoms with E-state index in [-0.39, 0.29) is 0 Å². The molecule has 0 aliphatic heterocycles. The van der Waals surface area contributed by atoms with E-state index in [0.717, 1.165) is 12.3 Å². The summed E-state index contributed by atoms with van der Waals surface area (Å²) in [6, 6.07) is 7.65. The molecule has 1 aromatic rings. The van der Waals surface area contributed by atoms with Crippen LogP contribution >= 0.6 is 0 Å². The molecule has 1 heteroatoms. The molecule has 0 saturated carbocycles. The molecule has 0 spiro atoms. The third-order valence-electron chi connectivity index (χ3n) is 3.82. The fourth-order valence-electron chi connectivity index (χ4n) is 2.59. The van der Waals surface area contributed by atoms with E-state index in [4.69, 9.17) is 0 Å². The van der Waals surface area contributed by atoms with Crippen LogP contribution in [0.25, 0.3) is 0 Å². The summed E-state index contributed by atoms with van der Waals surface area (Å²) in [4.78, 5) is 0. The highest BCUT2D eigenvalue weighted by Crippen LogP contribution is 2.18. The Bertz CT molecular complexity index is 315. The van der Waals surface area contributed by atoms with Crippen LogP contribution in [0.1, 0.15) is 70.8 Å². The molecule has 1 nitrogen and oxygen atoms in total. The Morgan fingerprint density at radius 2 is 1.47 bits per heavy atom. The smallest absolute Gasteiger partial charge is 0.115 e. The number of aromatic hydroxyl groups is 1. The van der Waals surface area contributed by atoms with Crippen LogP contribution in [0, 0.1) is 5.92 Å². The van der Waals surface area contributed by atoms with Crippen LogP contribution in [-0.2, 0) is 6.42 Å². The molecule has 0 aromatic heterocycles. The minimum Gasteiger partial charge on any atom is -0.508 e.